The van der Waals surface area contributed by atoms with Crippen molar-refractivity contribution in [2.45, 2.75) is 5.88 Å². The molecular weight excluding hydrogens is 192 g/mol. The molecule has 0 aliphatic carbocycles. The highest BCUT2D eigenvalue weighted by atomic mass is 35.5. The first-order valence-corrected chi connectivity index (χ1v) is 4.09. The van der Waals surface area contributed by atoms with E-state index in [4.69, 9.17) is 16.0 Å². The third-order valence-electron chi connectivity index (χ3n) is 1.41. The van der Waals surface area contributed by atoms with E-state index in [0.29, 0.717) is 11.8 Å². The molecule has 0 N–H and O–H groups in total. The molecule has 6 heteroatoms. The molecule has 2 heterocycles. The summed E-state index contributed by atoms with van der Waals surface area (Å²) < 4.78 is 5.20. The van der Waals surface area contributed by atoms with Crippen LogP contribution in [0.3, 0.4) is 0 Å². The van der Waals surface area contributed by atoms with E-state index in [1.165, 1.54) is 0 Å². The van der Waals surface area contributed by atoms with Gasteiger partial charge in [0.05, 0.1) is 18.0 Å². The Kier molecular flexibility index (Phi) is 2.18. The van der Waals surface area contributed by atoms with Gasteiger partial charge in [-0.25, -0.2) is 0 Å². The smallest absolute Gasteiger partial charge is 0.249 e. The highest BCUT2D eigenvalue weighted by Crippen LogP contribution is 2.15. The van der Waals surface area contributed by atoms with Gasteiger partial charge in [0.25, 0.3) is 0 Å². The first kappa shape index (κ1) is 8.12. The lowest BCUT2D eigenvalue weighted by Crippen LogP contribution is -1.81. The van der Waals surface area contributed by atoms with Crippen LogP contribution >= 0.6 is 11.6 Å². The van der Waals surface area contributed by atoms with E-state index in [1.54, 1.807) is 18.5 Å². The van der Waals surface area contributed by atoms with Gasteiger partial charge in [0.15, 0.2) is 0 Å². The van der Waals surface area contributed by atoms with E-state index >= 15 is 0 Å². The lowest BCUT2D eigenvalue weighted by atomic mass is 10.3. The predicted octanol–water partition coefficient (Wildman–Crippen LogP) is 1.27. The van der Waals surface area contributed by atoms with E-state index in [-0.39, 0.29) is 5.88 Å². The summed E-state index contributed by atoms with van der Waals surface area (Å²) in [7, 11) is 0. The molecule has 2 aromatic rings. The van der Waals surface area contributed by atoms with Gasteiger partial charge in [0, 0.05) is 0 Å². The summed E-state index contributed by atoms with van der Waals surface area (Å²) in [4.78, 5) is 0. The van der Waals surface area contributed by atoms with Gasteiger partial charge in [-0.15, -0.1) is 21.8 Å². The molecule has 5 nitrogen and oxygen atoms in total. The molecule has 0 aromatic carbocycles. The normalized spacial score (nSPS) is 10.2. The van der Waals surface area contributed by atoms with E-state index in [2.05, 4.69) is 20.4 Å². The van der Waals surface area contributed by atoms with Crippen molar-refractivity contribution < 1.29 is 4.42 Å². The van der Waals surface area contributed by atoms with E-state index in [1.807, 2.05) is 0 Å². The standard InChI is InChI=1S/C7H5ClN4O/c8-3-6-11-12-7(13-6)5-1-2-9-10-4-5/h1-2,4H,3H2. The van der Waals surface area contributed by atoms with Gasteiger partial charge in [-0.1, -0.05) is 0 Å². The van der Waals surface area contributed by atoms with Crippen LogP contribution in [0, 0.1) is 0 Å². The molecule has 2 rings (SSSR count). The number of rotatable bonds is 2. The number of hydrogen-bond acceptors (Lipinski definition) is 5. The van der Waals surface area contributed by atoms with Crippen LogP contribution in [0.4, 0.5) is 0 Å². The van der Waals surface area contributed by atoms with Crippen LogP contribution in [-0.2, 0) is 5.88 Å². The molecule has 13 heavy (non-hydrogen) atoms. The van der Waals surface area contributed by atoms with Crippen molar-refractivity contribution in [2.24, 2.45) is 0 Å². The molecule has 0 fully saturated rings. The fourth-order valence-electron chi connectivity index (χ4n) is 0.841. The maximum absolute atomic E-state index is 5.50. The zero-order chi connectivity index (χ0) is 9.10. The predicted molar refractivity (Wildman–Crippen MR) is 44.9 cm³/mol. The lowest BCUT2D eigenvalue weighted by Gasteiger charge is -1.89. The number of halogens is 1. The van der Waals surface area contributed by atoms with Gasteiger partial charge in [0.2, 0.25) is 11.8 Å². The molecule has 0 unspecified atom stereocenters. The molecule has 0 aliphatic heterocycles. The Bertz CT molecular complexity index is 388. The van der Waals surface area contributed by atoms with Crippen molar-refractivity contribution in [3.63, 3.8) is 0 Å². The summed E-state index contributed by atoms with van der Waals surface area (Å²) in [6, 6.07) is 1.73. The van der Waals surface area contributed by atoms with Crippen molar-refractivity contribution in [3.8, 4) is 11.5 Å². The maximum Gasteiger partial charge on any atom is 0.249 e. The largest absolute Gasteiger partial charge is 0.419 e. The zero-order valence-corrected chi connectivity index (χ0v) is 7.27. The highest BCUT2D eigenvalue weighted by molar-refractivity contribution is 6.16. The molecule has 0 bridgehead atoms. The minimum Gasteiger partial charge on any atom is -0.419 e. The average molecular weight is 197 g/mol. The Morgan fingerprint density at radius 3 is 2.85 bits per heavy atom. The van der Waals surface area contributed by atoms with E-state index in [9.17, 15) is 0 Å². The lowest BCUT2D eigenvalue weighted by molar-refractivity contribution is 0.527. The third-order valence-corrected chi connectivity index (χ3v) is 1.64. The summed E-state index contributed by atoms with van der Waals surface area (Å²) in [6.07, 6.45) is 3.10. The summed E-state index contributed by atoms with van der Waals surface area (Å²) in [5, 5.41) is 14.8. The van der Waals surface area contributed by atoms with Gasteiger partial charge < -0.3 is 4.42 Å². The van der Waals surface area contributed by atoms with E-state index in [0.717, 1.165) is 5.56 Å². The first-order chi connectivity index (χ1) is 6.40. The topological polar surface area (TPSA) is 64.7 Å². The van der Waals surface area contributed by atoms with Gasteiger partial charge >= 0.3 is 0 Å². The number of hydrogen-bond donors (Lipinski definition) is 0. The van der Waals surface area contributed by atoms with Crippen molar-refractivity contribution >= 4 is 11.6 Å². The van der Waals surface area contributed by atoms with E-state index < -0.39 is 0 Å². The number of alkyl halides is 1. The molecule has 66 valence electrons. The van der Waals surface area contributed by atoms with Crippen molar-refractivity contribution in [2.75, 3.05) is 0 Å². The molecule has 0 saturated carbocycles. The van der Waals surface area contributed by atoms with Gasteiger partial charge in [-0.05, 0) is 6.07 Å². The van der Waals surface area contributed by atoms with Crippen LogP contribution in [-0.4, -0.2) is 20.4 Å². The van der Waals surface area contributed by atoms with Gasteiger partial charge in [-0.2, -0.15) is 10.2 Å². The fourth-order valence-corrected chi connectivity index (χ4v) is 0.949. The Hall–Kier alpha value is -1.49. The molecule has 0 aliphatic rings. The van der Waals surface area contributed by atoms with Crippen molar-refractivity contribution in [1.82, 2.24) is 20.4 Å². The Labute approximate surface area is 78.8 Å². The van der Waals surface area contributed by atoms with Crippen molar-refractivity contribution in [1.29, 1.82) is 0 Å². The molecule has 0 amide bonds. The molecule has 0 spiro atoms. The summed E-state index contributed by atoms with van der Waals surface area (Å²) in [5.74, 6) is 1.02. The van der Waals surface area contributed by atoms with Crippen LogP contribution < -0.4 is 0 Å². The first-order valence-electron chi connectivity index (χ1n) is 3.55. The van der Waals surface area contributed by atoms with Crippen LogP contribution in [0.15, 0.2) is 22.9 Å². The minimum atomic E-state index is 0.214. The highest BCUT2D eigenvalue weighted by Gasteiger charge is 2.06. The van der Waals surface area contributed by atoms with Crippen LogP contribution in [0.2, 0.25) is 0 Å². The van der Waals surface area contributed by atoms with Gasteiger partial charge in [-0.3, -0.25) is 0 Å². The average Bonchev–Trinajstić information content (AvgIpc) is 2.67. The SMILES string of the molecule is ClCc1nnc(-c2ccnnc2)o1. The molecule has 0 radical (unpaired) electrons. The summed E-state index contributed by atoms with van der Waals surface area (Å²) >= 11 is 5.50. The van der Waals surface area contributed by atoms with Crippen LogP contribution in [0.25, 0.3) is 11.5 Å². The Morgan fingerprint density at radius 2 is 2.23 bits per heavy atom. The fraction of sp³-hybridized carbons (Fsp3) is 0.143. The maximum atomic E-state index is 5.50. The van der Waals surface area contributed by atoms with Crippen molar-refractivity contribution in [3.05, 3.63) is 24.4 Å². The zero-order valence-electron chi connectivity index (χ0n) is 6.51. The molecule has 0 saturated heterocycles. The quantitative estimate of drug-likeness (QED) is 0.677. The second-order valence-electron chi connectivity index (χ2n) is 2.27. The minimum absolute atomic E-state index is 0.214. The molecule has 2 aromatic heterocycles. The second-order valence-corrected chi connectivity index (χ2v) is 2.53. The number of aromatic nitrogens is 4. The van der Waals surface area contributed by atoms with Gasteiger partial charge in [0.1, 0.15) is 5.88 Å². The number of nitrogens with zero attached hydrogens (tertiary/aromatic N) is 4. The third kappa shape index (κ3) is 1.65. The summed E-state index contributed by atoms with van der Waals surface area (Å²) in [5.41, 5.74) is 0.735. The Morgan fingerprint density at radius 1 is 1.31 bits per heavy atom. The second kappa shape index (κ2) is 3.49. The van der Waals surface area contributed by atoms with Crippen LogP contribution in [0.1, 0.15) is 5.89 Å². The molecule has 0 atom stereocenters. The summed E-state index contributed by atoms with van der Waals surface area (Å²) in [6.45, 7) is 0. The van der Waals surface area contributed by atoms with Crippen LogP contribution in [0.5, 0.6) is 0 Å². The monoisotopic (exact) mass is 196 g/mol. The molecular formula is C7H5ClN4O. The Balaban J connectivity index is 2.36.